The summed E-state index contributed by atoms with van der Waals surface area (Å²) in [6.45, 7) is 1.89. The first kappa shape index (κ1) is 15.9. The predicted molar refractivity (Wildman–Crippen MR) is 70.3 cm³/mol. The van der Waals surface area contributed by atoms with Gasteiger partial charge in [0.2, 0.25) is 5.91 Å². The van der Waals surface area contributed by atoms with Crippen LogP contribution in [-0.4, -0.2) is 23.0 Å². The molecule has 1 amide bonds. The Balaban J connectivity index is 2.67. The standard InChI is InChI=1S/C13H17F2N3O2/c1-2-3-11(13(16)18-20)17-12(19)7-8-4-5-9(14)10(15)6-8/h4-6,11,20H,2-3,7H2,1H3,(H2,16,18)(H,17,19). The smallest absolute Gasteiger partial charge is 0.225 e. The molecule has 0 radical (unpaired) electrons. The van der Waals surface area contributed by atoms with Gasteiger partial charge in [-0.1, -0.05) is 24.6 Å². The molecule has 0 bridgehead atoms. The van der Waals surface area contributed by atoms with Crippen molar-refractivity contribution in [3.05, 3.63) is 35.4 Å². The summed E-state index contributed by atoms with van der Waals surface area (Å²) < 4.78 is 25.8. The van der Waals surface area contributed by atoms with E-state index in [2.05, 4.69) is 10.5 Å². The number of hydrogen-bond donors (Lipinski definition) is 3. The van der Waals surface area contributed by atoms with Crippen LogP contribution in [-0.2, 0) is 11.2 Å². The van der Waals surface area contributed by atoms with E-state index in [0.717, 1.165) is 18.6 Å². The van der Waals surface area contributed by atoms with Gasteiger partial charge >= 0.3 is 0 Å². The molecule has 5 nitrogen and oxygen atoms in total. The molecule has 0 heterocycles. The summed E-state index contributed by atoms with van der Waals surface area (Å²) in [5.41, 5.74) is 5.81. The van der Waals surface area contributed by atoms with E-state index in [-0.39, 0.29) is 12.3 Å². The molecule has 0 saturated carbocycles. The van der Waals surface area contributed by atoms with Crippen LogP contribution in [0.15, 0.2) is 23.4 Å². The summed E-state index contributed by atoms with van der Waals surface area (Å²) in [4.78, 5) is 11.8. The Morgan fingerprint density at radius 1 is 1.45 bits per heavy atom. The van der Waals surface area contributed by atoms with E-state index in [1.807, 2.05) is 6.92 Å². The number of oxime groups is 1. The van der Waals surface area contributed by atoms with Crippen LogP contribution in [0.5, 0.6) is 0 Å². The fraction of sp³-hybridized carbons (Fsp3) is 0.385. The molecule has 1 aromatic rings. The van der Waals surface area contributed by atoms with Gasteiger partial charge < -0.3 is 16.3 Å². The zero-order valence-corrected chi connectivity index (χ0v) is 11.1. The second-order valence-electron chi connectivity index (χ2n) is 4.36. The van der Waals surface area contributed by atoms with Crippen molar-refractivity contribution in [1.29, 1.82) is 0 Å². The Labute approximate surface area is 115 Å². The molecular formula is C13H17F2N3O2. The van der Waals surface area contributed by atoms with E-state index in [1.165, 1.54) is 6.07 Å². The zero-order chi connectivity index (χ0) is 15.1. The average Bonchev–Trinajstić information content (AvgIpc) is 2.41. The van der Waals surface area contributed by atoms with Gasteiger partial charge in [-0.15, -0.1) is 0 Å². The van der Waals surface area contributed by atoms with Crippen molar-refractivity contribution in [3.63, 3.8) is 0 Å². The van der Waals surface area contributed by atoms with Crippen LogP contribution in [0.3, 0.4) is 0 Å². The largest absolute Gasteiger partial charge is 0.409 e. The van der Waals surface area contributed by atoms with Crippen molar-refractivity contribution in [3.8, 4) is 0 Å². The molecule has 20 heavy (non-hydrogen) atoms. The summed E-state index contributed by atoms with van der Waals surface area (Å²) in [5, 5.41) is 14.1. The summed E-state index contributed by atoms with van der Waals surface area (Å²) in [5.74, 6) is -2.47. The summed E-state index contributed by atoms with van der Waals surface area (Å²) in [7, 11) is 0. The number of nitrogens with zero attached hydrogens (tertiary/aromatic N) is 1. The summed E-state index contributed by atoms with van der Waals surface area (Å²) >= 11 is 0. The first-order chi connectivity index (χ1) is 9.47. The van der Waals surface area contributed by atoms with Crippen LogP contribution in [0.2, 0.25) is 0 Å². The normalized spacial score (nSPS) is 13.1. The lowest BCUT2D eigenvalue weighted by Gasteiger charge is -2.16. The van der Waals surface area contributed by atoms with Crippen molar-refractivity contribution in [2.45, 2.75) is 32.2 Å². The van der Waals surface area contributed by atoms with Crippen LogP contribution in [0, 0.1) is 11.6 Å². The molecule has 0 aliphatic rings. The van der Waals surface area contributed by atoms with Crippen LogP contribution >= 0.6 is 0 Å². The third kappa shape index (κ3) is 4.49. The van der Waals surface area contributed by atoms with Gasteiger partial charge in [0.05, 0.1) is 12.5 Å². The second kappa shape index (κ2) is 7.42. The maximum atomic E-state index is 13.0. The number of nitrogens with one attached hydrogen (secondary N) is 1. The third-order valence-electron chi connectivity index (χ3n) is 2.73. The third-order valence-corrected chi connectivity index (χ3v) is 2.73. The van der Waals surface area contributed by atoms with E-state index in [0.29, 0.717) is 12.0 Å². The lowest BCUT2D eigenvalue weighted by Crippen LogP contribution is -2.45. The maximum Gasteiger partial charge on any atom is 0.225 e. The highest BCUT2D eigenvalue weighted by Gasteiger charge is 2.16. The molecule has 1 unspecified atom stereocenters. The lowest BCUT2D eigenvalue weighted by molar-refractivity contribution is -0.120. The van der Waals surface area contributed by atoms with E-state index >= 15 is 0 Å². The molecule has 0 saturated heterocycles. The van der Waals surface area contributed by atoms with Gasteiger partial charge in [0, 0.05) is 0 Å². The minimum atomic E-state index is -1.00. The molecule has 1 rings (SSSR count). The lowest BCUT2D eigenvalue weighted by atomic mass is 10.1. The number of halogens is 2. The Morgan fingerprint density at radius 3 is 2.70 bits per heavy atom. The first-order valence-electron chi connectivity index (χ1n) is 6.18. The monoisotopic (exact) mass is 285 g/mol. The minimum Gasteiger partial charge on any atom is -0.409 e. The quantitative estimate of drug-likeness (QED) is 0.320. The number of amides is 1. The highest BCUT2D eigenvalue weighted by atomic mass is 19.2. The van der Waals surface area contributed by atoms with E-state index in [4.69, 9.17) is 10.9 Å². The van der Waals surface area contributed by atoms with Crippen LogP contribution < -0.4 is 11.1 Å². The number of benzene rings is 1. The Bertz CT molecular complexity index is 506. The van der Waals surface area contributed by atoms with Crippen molar-refractivity contribution >= 4 is 11.7 Å². The van der Waals surface area contributed by atoms with E-state index < -0.39 is 23.6 Å². The predicted octanol–water partition coefficient (Wildman–Crippen LogP) is 1.54. The van der Waals surface area contributed by atoms with Gasteiger partial charge in [-0.3, -0.25) is 4.79 Å². The highest BCUT2D eigenvalue weighted by Crippen LogP contribution is 2.09. The fourth-order valence-electron chi connectivity index (χ4n) is 1.73. The van der Waals surface area contributed by atoms with E-state index in [1.54, 1.807) is 0 Å². The Kier molecular flexibility index (Phi) is 5.89. The SMILES string of the molecule is CCCC(NC(=O)Cc1ccc(F)c(F)c1)/C(N)=N/O. The fourth-order valence-corrected chi connectivity index (χ4v) is 1.73. The second-order valence-corrected chi connectivity index (χ2v) is 4.36. The van der Waals surface area contributed by atoms with Crippen molar-refractivity contribution in [2.75, 3.05) is 0 Å². The summed E-state index contributed by atoms with van der Waals surface area (Å²) in [6.07, 6.45) is 1.13. The molecule has 1 aromatic carbocycles. The molecular weight excluding hydrogens is 268 g/mol. The van der Waals surface area contributed by atoms with Crippen LogP contribution in [0.25, 0.3) is 0 Å². The molecule has 0 aliphatic carbocycles. The Hall–Kier alpha value is -2.18. The minimum absolute atomic E-state index is 0.0921. The van der Waals surface area contributed by atoms with Crippen LogP contribution in [0.4, 0.5) is 8.78 Å². The number of rotatable bonds is 6. The number of nitrogens with two attached hydrogens (primary N) is 1. The molecule has 0 fully saturated rings. The Morgan fingerprint density at radius 2 is 2.15 bits per heavy atom. The van der Waals surface area contributed by atoms with Gasteiger partial charge in [0.25, 0.3) is 0 Å². The van der Waals surface area contributed by atoms with Crippen molar-refractivity contribution in [2.24, 2.45) is 10.9 Å². The average molecular weight is 285 g/mol. The maximum absolute atomic E-state index is 13.0. The number of hydrogen-bond acceptors (Lipinski definition) is 3. The highest BCUT2D eigenvalue weighted by molar-refractivity contribution is 5.90. The molecule has 7 heteroatoms. The van der Waals surface area contributed by atoms with Gasteiger partial charge in [-0.2, -0.15) is 0 Å². The molecule has 110 valence electrons. The van der Waals surface area contributed by atoms with Crippen molar-refractivity contribution < 1.29 is 18.8 Å². The van der Waals surface area contributed by atoms with Gasteiger partial charge in [0.1, 0.15) is 0 Å². The zero-order valence-electron chi connectivity index (χ0n) is 11.1. The summed E-state index contributed by atoms with van der Waals surface area (Å²) in [6, 6.07) is 2.68. The first-order valence-corrected chi connectivity index (χ1v) is 6.18. The van der Waals surface area contributed by atoms with Gasteiger partial charge in [-0.25, -0.2) is 8.78 Å². The van der Waals surface area contributed by atoms with Crippen LogP contribution in [0.1, 0.15) is 25.3 Å². The van der Waals surface area contributed by atoms with Gasteiger partial charge in [-0.05, 0) is 24.1 Å². The topological polar surface area (TPSA) is 87.7 Å². The number of carbonyl (C=O) groups is 1. The van der Waals surface area contributed by atoms with Crippen molar-refractivity contribution in [1.82, 2.24) is 5.32 Å². The number of carbonyl (C=O) groups excluding carboxylic acids is 1. The van der Waals surface area contributed by atoms with E-state index in [9.17, 15) is 13.6 Å². The molecule has 1 atom stereocenters. The molecule has 0 aromatic heterocycles. The molecule has 0 aliphatic heterocycles. The molecule has 0 spiro atoms. The number of amidine groups is 1. The molecule has 4 N–H and O–H groups in total. The van der Waals surface area contributed by atoms with Gasteiger partial charge in [0.15, 0.2) is 17.5 Å².